The summed E-state index contributed by atoms with van der Waals surface area (Å²) in [6, 6.07) is 10.4. The molecule has 0 saturated carbocycles. The molecule has 0 fully saturated rings. The molecule has 0 amide bonds. The molecule has 0 saturated heterocycles. The van der Waals surface area contributed by atoms with E-state index in [2.05, 4.69) is 50.7 Å². The third-order valence-corrected chi connectivity index (χ3v) is 4.29. The second-order valence-corrected chi connectivity index (χ2v) is 5.44. The highest BCUT2D eigenvalue weighted by molar-refractivity contribution is 7.80. The highest BCUT2D eigenvalue weighted by Gasteiger charge is 2.33. The predicted octanol–water partition coefficient (Wildman–Crippen LogP) is 4.42. The number of aliphatic hydroxyl groups is 1. The molecule has 1 nitrogen and oxygen atoms in total. The Morgan fingerprint density at radius 3 is 2.22 bits per heavy atom. The minimum atomic E-state index is -0.571. The number of benzene rings is 1. The van der Waals surface area contributed by atoms with E-state index in [4.69, 9.17) is 0 Å². The summed E-state index contributed by atoms with van der Waals surface area (Å²) < 4.78 is 0. The lowest BCUT2D eigenvalue weighted by Crippen LogP contribution is -2.35. The van der Waals surface area contributed by atoms with E-state index in [1.165, 1.54) is 5.56 Å². The molecule has 0 radical (unpaired) electrons. The van der Waals surface area contributed by atoms with Gasteiger partial charge in [0.15, 0.2) is 0 Å². The monoisotopic (exact) mass is 266 g/mol. The van der Waals surface area contributed by atoms with Crippen molar-refractivity contribution in [2.24, 2.45) is 0 Å². The Labute approximate surface area is 117 Å². The van der Waals surface area contributed by atoms with Crippen LogP contribution in [-0.2, 0) is 0 Å². The Morgan fingerprint density at radius 1 is 1.11 bits per heavy atom. The molecule has 1 N–H and O–H groups in total. The maximum absolute atomic E-state index is 10.8. The zero-order valence-corrected chi connectivity index (χ0v) is 12.5. The quantitative estimate of drug-likeness (QED) is 0.527. The molecule has 1 rings (SSSR count). The molecule has 1 atom stereocenters. The molecule has 1 aromatic rings. The van der Waals surface area contributed by atoms with Gasteiger partial charge < -0.3 is 5.11 Å². The van der Waals surface area contributed by atoms with E-state index in [0.717, 1.165) is 37.9 Å². The van der Waals surface area contributed by atoms with Crippen molar-refractivity contribution in [1.82, 2.24) is 0 Å². The second kappa shape index (κ2) is 7.85. The SMILES string of the molecule is CCC(O)(CC)C(CCCCS)c1ccccc1. The summed E-state index contributed by atoms with van der Waals surface area (Å²) in [5.74, 6) is 1.17. The van der Waals surface area contributed by atoms with Crippen LogP contribution in [0.1, 0.15) is 57.4 Å². The minimum Gasteiger partial charge on any atom is -0.389 e. The van der Waals surface area contributed by atoms with Crippen LogP contribution in [-0.4, -0.2) is 16.5 Å². The highest BCUT2D eigenvalue weighted by atomic mass is 32.1. The average molecular weight is 266 g/mol. The normalized spacial score (nSPS) is 13.6. The van der Waals surface area contributed by atoms with Crippen LogP contribution < -0.4 is 0 Å². The third-order valence-electron chi connectivity index (χ3n) is 3.98. The van der Waals surface area contributed by atoms with E-state index >= 15 is 0 Å². The maximum atomic E-state index is 10.8. The molecule has 102 valence electrons. The summed E-state index contributed by atoms with van der Waals surface area (Å²) in [6.07, 6.45) is 4.91. The van der Waals surface area contributed by atoms with Crippen molar-refractivity contribution in [1.29, 1.82) is 0 Å². The van der Waals surface area contributed by atoms with Crippen molar-refractivity contribution < 1.29 is 5.11 Å². The van der Waals surface area contributed by atoms with Crippen LogP contribution in [0.3, 0.4) is 0 Å². The Balaban J connectivity index is 2.88. The first-order valence-electron chi connectivity index (χ1n) is 7.06. The summed E-state index contributed by atoms with van der Waals surface area (Å²) in [6.45, 7) is 4.16. The van der Waals surface area contributed by atoms with Crippen LogP contribution in [0.25, 0.3) is 0 Å². The van der Waals surface area contributed by atoms with Crippen molar-refractivity contribution in [3.63, 3.8) is 0 Å². The largest absolute Gasteiger partial charge is 0.389 e. The molecule has 1 unspecified atom stereocenters. The Morgan fingerprint density at radius 2 is 1.72 bits per heavy atom. The number of hydrogen-bond donors (Lipinski definition) is 2. The van der Waals surface area contributed by atoms with Crippen LogP contribution in [0, 0.1) is 0 Å². The average Bonchev–Trinajstić information content (AvgIpc) is 2.44. The molecule has 0 heterocycles. The van der Waals surface area contributed by atoms with Crippen molar-refractivity contribution in [2.75, 3.05) is 5.75 Å². The van der Waals surface area contributed by atoms with E-state index in [9.17, 15) is 5.11 Å². The lowest BCUT2D eigenvalue weighted by atomic mass is 9.76. The molecular weight excluding hydrogens is 240 g/mol. The molecule has 1 aromatic carbocycles. The lowest BCUT2D eigenvalue weighted by molar-refractivity contribution is 0.000678. The zero-order chi connectivity index (χ0) is 13.4. The number of unbranched alkanes of at least 4 members (excludes halogenated alkanes) is 1. The van der Waals surface area contributed by atoms with E-state index in [-0.39, 0.29) is 5.92 Å². The van der Waals surface area contributed by atoms with Gasteiger partial charge in [-0.05, 0) is 37.0 Å². The van der Waals surface area contributed by atoms with E-state index in [1.807, 2.05) is 6.07 Å². The lowest BCUT2D eigenvalue weighted by Gasteiger charge is -2.35. The van der Waals surface area contributed by atoms with Crippen LogP contribution >= 0.6 is 12.6 Å². The smallest absolute Gasteiger partial charge is 0.0710 e. The van der Waals surface area contributed by atoms with Gasteiger partial charge in [0.05, 0.1) is 5.60 Å². The van der Waals surface area contributed by atoms with Crippen LogP contribution in [0.5, 0.6) is 0 Å². The molecule has 0 spiro atoms. The summed E-state index contributed by atoms with van der Waals surface area (Å²) >= 11 is 4.27. The van der Waals surface area contributed by atoms with Gasteiger partial charge in [0.25, 0.3) is 0 Å². The first-order chi connectivity index (χ1) is 8.68. The maximum Gasteiger partial charge on any atom is 0.0710 e. The molecule has 0 aliphatic carbocycles. The Bertz CT molecular complexity index is 319. The van der Waals surface area contributed by atoms with Crippen LogP contribution in [0.4, 0.5) is 0 Å². The van der Waals surface area contributed by atoms with Crippen molar-refractivity contribution >= 4 is 12.6 Å². The molecule has 0 aliphatic rings. The Hall–Kier alpha value is -0.470. The summed E-state index contributed by atoms with van der Waals surface area (Å²) in [4.78, 5) is 0. The number of rotatable bonds is 8. The van der Waals surface area contributed by atoms with Gasteiger partial charge >= 0.3 is 0 Å². The first-order valence-corrected chi connectivity index (χ1v) is 7.69. The van der Waals surface area contributed by atoms with Crippen LogP contribution in [0.15, 0.2) is 30.3 Å². The number of thiol groups is 1. The number of hydrogen-bond acceptors (Lipinski definition) is 2. The second-order valence-electron chi connectivity index (χ2n) is 4.99. The van der Waals surface area contributed by atoms with Gasteiger partial charge in [0.2, 0.25) is 0 Å². The third kappa shape index (κ3) is 4.03. The summed E-state index contributed by atoms with van der Waals surface area (Å²) in [7, 11) is 0. The van der Waals surface area contributed by atoms with Gasteiger partial charge in [0.1, 0.15) is 0 Å². The van der Waals surface area contributed by atoms with Crippen molar-refractivity contribution in [3.8, 4) is 0 Å². The fourth-order valence-electron chi connectivity index (χ4n) is 2.63. The van der Waals surface area contributed by atoms with Gasteiger partial charge in [-0.15, -0.1) is 0 Å². The fourth-order valence-corrected chi connectivity index (χ4v) is 2.86. The molecule has 18 heavy (non-hydrogen) atoms. The van der Waals surface area contributed by atoms with Crippen LogP contribution in [0.2, 0.25) is 0 Å². The van der Waals surface area contributed by atoms with Gasteiger partial charge in [0, 0.05) is 5.92 Å². The topological polar surface area (TPSA) is 20.2 Å². The summed E-state index contributed by atoms with van der Waals surface area (Å²) in [5, 5.41) is 10.8. The van der Waals surface area contributed by atoms with Crippen molar-refractivity contribution in [2.45, 2.75) is 57.5 Å². The van der Waals surface area contributed by atoms with Gasteiger partial charge in [-0.2, -0.15) is 12.6 Å². The standard InChI is InChI=1S/C16H26OS/c1-3-16(17,4-2)15(12-8-9-13-18)14-10-6-5-7-11-14/h5-7,10-11,15,17-18H,3-4,8-9,12-13H2,1-2H3. The van der Waals surface area contributed by atoms with Gasteiger partial charge in [-0.1, -0.05) is 50.6 Å². The molecule has 0 bridgehead atoms. The fraction of sp³-hybridized carbons (Fsp3) is 0.625. The Kier molecular flexibility index (Phi) is 6.80. The summed E-state index contributed by atoms with van der Waals surface area (Å²) in [5.41, 5.74) is 0.695. The van der Waals surface area contributed by atoms with Gasteiger partial charge in [-0.25, -0.2) is 0 Å². The molecular formula is C16H26OS. The molecule has 0 aliphatic heterocycles. The van der Waals surface area contributed by atoms with Crippen molar-refractivity contribution in [3.05, 3.63) is 35.9 Å². The van der Waals surface area contributed by atoms with Gasteiger partial charge in [-0.3, -0.25) is 0 Å². The first kappa shape index (κ1) is 15.6. The molecule has 0 aromatic heterocycles. The zero-order valence-electron chi connectivity index (χ0n) is 11.6. The highest BCUT2D eigenvalue weighted by Crippen LogP contribution is 2.37. The van der Waals surface area contributed by atoms with E-state index in [0.29, 0.717) is 0 Å². The van der Waals surface area contributed by atoms with E-state index < -0.39 is 5.60 Å². The molecule has 2 heteroatoms. The predicted molar refractivity (Wildman–Crippen MR) is 82.4 cm³/mol. The van der Waals surface area contributed by atoms with E-state index in [1.54, 1.807) is 0 Å². The minimum absolute atomic E-state index is 0.244.